The molecular formula is C17H21ClN2O2. The normalized spacial score (nSPS) is 18.8. The molecule has 1 amide bonds. The van der Waals surface area contributed by atoms with Crippen molar-refractivity contribution >= 4 is 28.4 Å². The molecule has 22 heavy (non-hydrogen) atoms. The number of H-pyrrole nitrogens is 1. The molecule has 5 heteroatoms. The van der Waals surface area contributed by atoms with Gasteiger partial charge in [0.25, 0.3) is 0 Å². The van der Waals surface area contributed by atoms with E-state index < -0.39 is 0 Å². The summed E-state index contributed by atoms with van der Waals surface area (Å²) in [5.74, 6) is -0.0107. The quantitative estimate of drug-likeness (QED) is 0.907. The van der Waals surface area contributed by atoms with Crippen LogP contribution in [0.5, 0.6) is 0 Å². The molecule has 0 aliphatic carbocycles. The minimum atomic E-state index is -0.284. The number of hydrogen-bond acceptors (Lipinski definition) is 2. The van der Waals surface area contributed by atoms with Crippen LogP contribution in [0.25, 0.3) is 10.9 Å². The topological polar surface area (TPSA) is 54.1 Å². The van der Waals surface area contributed by atoms with Gasteiger partial charge in [-0.2, -0.15) is 0 Å². The van der Waals surface area contributed by atoms with Crippen LogP contribution < -0.4 is 5.32 Å². The second-order valence-corrected chi connectivity index (χ2v) is 6.93. The summed E-state index contributed by atoms with van der Waals surface area (Å²) in [7, 11) is 0. The van der Waals surface area contributed by atoms with Crippen LogP contribution in [-0.4, -0.2) is 30.1 Å². The molecule has 1 aliphatic heterocycles. The lowest BCUT2D eigenvalue weighted by atomic mass is 9.84. The number of carbonyl (C=O) groups is 1. The molecule has 1 aromatic heterocycles. The molecule has 118 valence electrons. The van der Waals surface area contributed by atoms with Crippen molar-refractivity contribution in [3.63, 3.8) is 0 Å². The van der Waals surface area contributed by atoms with Crippen LogP contribution in [0.4, 0.5) is 0 Å². The summed E-state index contributed by atoms with van der Waals surface area (Å²) in [6.07, 6.45) is 3.49. The fourth-order valence-electron chi connectivity index (χ4n) is 2.95. The van der Waals surface area contributed by atoms with Gasteiger partial charge in [0, 0.05) is 40.7 Å². The number of halogens is 1. The third-order valence-electron chi connectivity index (χ3n) is 4.30. The van der Waals surface area contributed by atoms with E-state index in [1.54, 1.807) is 0 Å². The first kappa shape index (κ1) is 15.4. The fraction of sp³-hybridized carbons (Fsp3) is 0.471. The van der Waals surface area contributed by atoms with Gasteiger partial charge < -0.3 is 15.0 Å². The molecule has 2 aromatic rings. The second-order valence-electron chi connectivity index (χ2n) is 6.50. The van der Waals surface area contributed by atoms with E-state index >= 15 is 0 Å². The predicted molar refractivity (Wildman–Crippen MR) is 88.3 cm³/mol. The third-order valence-corrected chi connectivity index (χ3v) is 4.53. The van der Waals surface area contributed by atoms with Gasteiger partial charge in [-0.1, -0.05) is 25.4 Å². The van der Waals surface area contributed by atoms with Crippen LogP contribution >= 0.6 is 11.6 Å². The zero-order chi connectivity index (χ0) is 15.7. The van der Waals surface area contributed by atoms with Gasteiger partial charge in [-0.15, -0.1) is 0 Å². The summed E-state index contributed by atoms with van der Waals surface area (Å²) >= 11 is 6.11. The highest BCUT2D eigenvalue weighted by Gasteiger charge is 2.28. The number of amides is 1. The van der Waals surface area contributed by atoms with Crippen LogP contribution in [0.2, 0.25) is 5.02 Å². The monoisotopic (exact) mass is 320 g/mol. The van der Waals surface area contributed by atoms with Gasteiger partial charge in [-0.3, -0.25) is 4.79 Å². The molecule has 1 saturated heterocycles. The minimum Gasteiger partial charge on any atom is -0.368 e. The highest BCUT2D eigenvalue weighted by atomic mass is 35.5. The number of rotatable bonds is 4. The summed E-state index contributed by atoms with van der Waals surface area (Å²) in [5, 5.41) is 4.84. The maximum atomic E-state index is 12.1. The molecule has 1 unspecified atom stereocenters. The van der Waals surface area contributed by atoms with E-state index in [-0.39, 0.29) is 17.4 Å². The standard InChI is InChI=1S/C17H21ClN2O2/c1-17(2,10-20-16(21)15-4-3-7-22-15)13-9-19-14-6-5-11(18)8-12(13)14/h5-6,8-9,15,19H,3-4,7,10H2,1-2H3,(H,20,21). The lowest BCUT2D eigenvalue weighted by molar-refractivity contribution is -0.130. The average Bonchev–Trinajstić information content (AvgIpc) is 3.13. The Kier molecular flexibility index (Phi) is 4.15. The number of hydrogen-bond donors (Lipinski definition) is 2. The molecule has 1 aromatic carbocycles. The summed E-state index contributed by atoms with van der Waals surface area (Å²) in [5.41, 5.74) is 2.01. The van der Waals surface area contributed by atoms with Gasteiger partial charge in [0.15, 0.2) is 0 Å². The van der Waals surface area contributed by atoms with Gasteiger partial charge in [0.05, 0.1) is 0 Å². The summed E-state index contributed by atoms with van der Waals surface area (Å²) in [6, 6.07) is 5.81. The van der Waals surface area contributed by atoms with Crippen molar-refractivity contribution in [2.75, 3.05) is 13.2 Å². The Balaban J connectivity index is 1.76. The molecule has 0 bridgehead atoms. The van der Waals surface area contributed by atoms with Crippen LogP contribution in [-0.2, 0) is 14.9 Å². The smallest absolute Gasteiger partial charge is 0.249 e. The molecular weight excluding hydrogens is 300 g/mol. The molecule has 2 N–H and O–H groups in total. The van der Waals surface area contributed by atoms with Gasteiger partial charge in [-0.25, -0.2) is 0 Å². The Morgan fingerprint density at radius 2 is 2.32 bits per heavy atom. The first-order valence-corrected chi connectivity index (χ1v) is 8.01. The van der Waals surface area contributed by atoms with Crippen molar-refractivity contribution in [2.45, 2.75) is 38.2 Å². The van der Waals surface area contributed by atoms with E-state index in [0.717, 1.165) is 29.3 Å². The van der Waals surface area contributed by atoms with Crippen molar-refractivity contribution < 1.29 is 9.53 Å². The Bertz CT molecular complexity index is 687. The van der Waals surface area contributed by atoms with Crippen LogP contribution in [0.3, 0.4) is 0 Å². The van der Waals surface area contributed by atoms with E-state index in [1.807, 2.05) is 24.4 Å². The molecule has 4 nitrogen and oxygen atoms in total. The predicted octanol–water partition coefficient (Wildman–Crippen LogP) is 3.39. The first-order valence-electron chi connectivity index (χ1n) is 7.64. The molecule has 1 atom stereocenters. The van der Waals surface area contributed by atoms with E-state index in [2.05, 4.69) is 24.1 Å². The van der Waals surface area contributed by atoms with Crippen molar-refractivity contribution in [1.29, 1.82) is 0 Å². The number of fused-ring (bicyclic) bond motifs is 1. The third kappa shape index (κ3) is 2.99. The van der Waals surface area contributed by atoms with E-state index in [9.17, 15) is 4.79 Å². The van der Waals surface area contributed by atoms with Gasteiger partial charge in [0.2, 0.25) is 5.91 Å². The molecule has 1 aliphatic rings. The van der Waals surface area contributed by atoms with Crippen molar-refractivity contribution in [2.24, 2.45) is 0 Å². The SMILES string of the molecule is CC(C)(CNC(=O)C1CCCO1)c1c[nH]c2ccc(Cl)cc12. The summed E-state index contributed by atoms with van der Waals surface area (Å²) < 4.78 is 5.42. The maximum Gasteiger partial charge on any atom is 0.249 e. The van der Waals surface area contributed by atoms with Crippen molar-refractivity contribution in [1.82, 2.24) is 10.3 Å². The van der Waals surface area contributed by atoms with Crippen LogP contribution in [0, 0.1) is 0 Å². The largest absolute Gasteiger partial charge is 0.368 e. The number of nitrogens with one attached hydrogen (secondary N) is 2. The Morgan fingerprint density at radius 3 is 3.05 bits per heavy atom. The lowest BCUT2D eigenvalue weighted by Crippen LogP contribution is -2.41. The molecule has 1 fully saturated rings. The van der Waals surface area contributed by atoms with Crippen molar-refractivity contribution in [3.05, 3.63) is 35.0 Å². The zero-order valence-corrected chi connectivity index (χ0v) is 13.7. The highest BCUT2D eigenvalue weighted by Crippen LogP contribution is 2.31. The van der Waals surface area contributed by atoms with Crippen molar-refractivity contribution in [3.8, 4) is 0 Å². The average molecular weight is 321 g/mol. The van der Waals surface area contributed by atoms with Gasteiger partial charge in [-0.05, 0) is 36.6 Å². The molecule has 3 rings (SSSR count). The number of carbonyl (C=O) groups excluding carboxylic acids is 1. The fourth-order valence-corrected chi connectivity index (χ4v) is 3.13. The van der Waals surface area contributed by atoms with E-state index in [0.29, 0.717) is 18.2 Å². The number of aromatic amines is 1. The van der Waals surface area contributed by atoms with Gasteiger partial charge >= 0.3 is 0 Å². The van der Waals surface area contributed by atoms with E-state index in [1.165, 1.54) is 0 Å². The highest BCUT2D eigenvalue weighted by molar-refractivity contribution is 6.31. The van der Waals surface area contributed by atoms with Gasteiger partial charge in [0.1, 0.15) is 6.10 Å². The molecule has 2 heterocycles. The van der Waals surface area contributed by atoms with Crippen LogP contribution in [0.1, 0.15) is 32.3 Å². The number of ether oxygens (including phenoxy) is 1. The summed E-state index contributed by atoms with van der Waals surface area (Å²) in [6.45, 7) is 5.48. The lowest BCUT2D eigenvalue weighted by Gasteiger charge is -2.25. The number of benzene rings is 1. The Labute approximate surface area is 135 Å². The number of aromatic nitrogens is 1. The Hall–Kier alpha value is -1.52. The zero-order valence-electron chi connectivity index (χ0n) is 12.9. The van der Waals surface area contributed by atoms with Crippen LogP contribution in [0.15, 0.2) is 24.4 Å². The summed E-state index contributed by atoms with van der Waals surface area (Å²) in [4.78, 5) is 15.4. The molecule has 0 spiro atoms. The molecule has 0 radical (unpaired) electrons. The minimum absolute atomic E-state index is 0.0107. The second kappa shape index (κ2) is 5.94. The first-order chi connectivity index (χ1) is 10.5. The maximum absolute atomic E-state index is 12.1. The van der Waals surface area contributed by atoms with E-state index in [4.69, 9.17) is 16.3 Å². The molecule has 0 saturated carbocycles. The Morgan fingerprint density at radius 1 is 1.50 bits per heavy atom.